The molecule has 1 fully saturated rings. The topological polar surface area (TPSA) is 41.5 Å². The normalized spacial score (nSPS) is 20.0. The van der Waals surface area contributed by atoms with Gasteiger partial charge in [0.2, 0.25) is 6.08 Å². The van der Waals surface area contributed by atoms with Crippen molar-refractivity contribution in [3.8, 4) is 0 Å². The average molecular weight is 98.1 g/mol. The molecule has 1 rings (SSSR count). The molecule has 0 aromatic carbocycles. The molecular weight excluding hydrogens is 92.1 g/mol. The van der Waals surface area contributed by atoms with Gasteiger partial charge in [-0.3, -0.25) is 0 Å². The second-order valence-electron chi connectivity index (χ2n) is 1.53. The Bertz CT molecular complexity index is 102. The van der Waals surface area contributed by atoms with E-state index in [4.69, 9.17) is 0 Å². The number of aliphatic imine (C=N–C) groups is 1. The molecule has 1 aliphatic heterocycles. The highest BCUT2D eigenvalue weighted by molar-refractivity contribution is 5.34. The molecule has 0 atom stereocenters. The molecule has 0 aliphatic carbocycles. The third kappa shape index (κ3) is 0.856. The van der Waals surface area contributed by atoms with E-state index in [2.05, 4.69) is 10.3 Å². The van der Waals surface area contributed by atoms with Crippen LogP contribution in [0.2, 0.25) is 0 Å². The van der Waals surface area contributed by atoms with Crippen LogP contribution in [-0.2, 0) is 4.79 Å². The highest BCUT2D eigenvalue weighted by Gasteiger charge is 2.13. The molecule has 0 amide bonds. The number of carbonyl (C=O) groups excluding carboxylic acids is 1. The summed E-state index contributed by atoms with van der Waals surface area (Å²) < 4.78 is 0. The fraction of sp³-hybridized carbons (Fsp3) is 0.750. The van der Waals surface area contributed by atoms with Crippen molar-refractivity contribution in [1.29, 1.82) is 0 Å². The lowest BCUT2D eigenvalue weighted by atomic mass is 10.2. The van der Waals surface area contributed by atoms with E-state index in [1.165, 1.54) is 6.08 Å². The standard InChI is InChI=1S/C4H6N2O/c7-3-6-4-1-5-2-4/h4-5H,1-2H2. The van der Waals surface area contributed by atoms with Crippen molar-refractivity contribution in [1.82, 2.24) is 5.32 Å². The zero-order chi connectivity index (χ0) is 5.11. The first-order valence-corrected chi connectivity index (χ1v) is 2.21. The van der Waals surface area contributed by atoms with E-state index in [0.29, 0.717) is 0 Å². The van der Waals surface area contributed by atoms with E-state index in [1.54, 1.807) is 0 Å². The fourth-order valence-corrected chi connectivity index (χ4v) is 0.439. The predicted molar refractivity (Wildman–Crippen MR) is 24.8 cm³/mol. The molecule has 38 valence electrons. The van der Waals surface area contributed by atoms with Crippen LogP contribution in [0.5, 0.6) is 0 Å². The van der Waals surface area contributed by atoms with Gasteiger partial charge in [0.15, 0.2) is 0 Å². The Morgan fingerprint density at radius 1 is 1.71 bits per heavy atom. The van der Waals surface area contributed by atoms with E-state index >= 15 is 0 Å². The molecule has 0 saturated carbocycles. The maximum absolute atomic E-state index is 9.49. The lowest BCUT2D eigenvalue weighted by Crippen LogP contribution is -2.45. The molecule has 7 heavy (non-hydrogen) atoms. The van der Waals surface area contributed by atoms with Crippen LogP contribution in [0, 0.1) is 0 Å². The van der Waals surface area contributed by atoms with Gasteiger partial charge in [-0.1, -0.05) is 0 Å². The van der Waals surface area contributed by atoms with Crippen molar-refractivity contribution in [2.75, 3.05) is 13.1 Å². The monoisotopic (exact) mass is 98.0 g/mol. The zero-order valence-corrected chi connectivity index (χ0v) is 3.85. The first-order chi connectivity index (χ1) is 3.43. The van der Waals surface area contributed by atoms with E-state index in [-0.39, 0.29) is 6.04 Å². The van der Waals surface area contributed by atoms with Crippen LogP contribution in [0.3, 0.4) is 0 Å². The predicted octanol–water partition coefficient (Wildman–Crippen LogP) is -0.706. The van der Waals surface area contributed by atoms with Gasteiger partial charge in [-0.25, -0.2) is 4.79 Å². The van der Waals surface area contributed by atoms with Crippen molar-refractivity contribution >= 4 is 6.08 Å². The molecule has 3 heteroatoms. The maximum atomic E-state index is 9.49. The van der Waals surface area contributed by atoms with Crippen LogP contribution < -0.4 is 5.32 Å². The largest absolute Gasteiger partial charge is 0.312 e. The number of hydrogen-bond acceptors (Lipinski definition) is 3. The summed E-state index contributed by atoms with van der Waals surface area (Å²) in [4.78, 5) is 13.0. The molecule has 0 unspecified atom stereocenters. The molecule has 1 aliphatic rings. The van der Waals surface area contributed by atoms with E-state index in [0.717, 1.165) is 13.1 Å². The Kier molecular flexibility index (Phi) is 1.20. The van der Waals surface area contributed by atoms with Crippen LogP contribution >= 0.6 is 0 Å². The minimum atomic E-state index is 0.220. The lowest BCUT2D eigenvalue weighted by Gasteiger charge is -2.20. The lowest BCUT2D eigenvalue weighted by molar-refractivity contribution is 0.443. The molecule has 1 N–H and O–H groups in total. The fourth-order valence-electron chi connectivity index (χ4n) is 0.439. The molecule has 0 radical (unpaired) electrons. The Morgan fingerprint density at radius 3 is 2.57 bits per heavy atom. The van der Waals surface area contributed by atoms with E-state index in [9.17, 15) is 4.79 Å². The van der Waals surface area contributed by atoms with Crippen LogP contribution in [0.4, 0.5) is 0 Å². The highest BCUT2D eigenvalue weighted by atomic mass is 16.1. The summed E-state index contributed by atoms with van der Waals surface area (Å²) in [5.41, 5.74) is 0. The number of nitrogens with one attached hydrogen (secondary N) is 1. The molecule has 0 aromatic heterocycles. The van der Waals surface area contributed by atoms with Crippen molar-refractivity contribution in [2.45, 2.75) is 6.04 Å². The van der Waals surface area contributed by atoms with Gasteiger partial charge in [0.25, 0.3) is 0 Å². The molecular formula is C4H6N2O. The van der Waals surface area contributed by atoms with Gasteiger partial charge < -0.3 is 5.32 Å². The van der Waals surface area contributed by atoms with Gasteiger partial charge in [0.1, 0.15) is 0 Å². The number of hydrogen-bond donors (Lipinski definition) is 1. The second kappa shape index (κ2) is 1.87. The van der Waals surface area contributed by atoms with E-state index in [1.807, 2.05) is 0 Å². The Balaban J connectivity index is 2.27. The van der Waals surface area contributed by atoms with Gasteiger partial charge in [-0.05, 0) is 0 Å². The smallest absolute Gasteiger partial charge is 0.235 e. The minimum absolute atomic E-state index is 0.220. The van der Waals surface area contributed by atoms with E-state index < -0.39 is 0 Å². The summed E-state index contributed by atoms with van der Waals surface area (Å²) in [7, 11) is 0. The average Bonchev–Trinajstić information content (AvgIpc) is 1.55. The number of rotatable bonds is 1. The van der Waals surface area contributed by atoms with Crippen molar-refractivity contribution in [3.63, 3.8) is 0 Å². The summed E-state index contributed by atoms with van der Waals surface area (Å²) in [5.74, 6) is 0. The van der Waals surface area contributed by atoms with Crippen LogP contribution in [-0.4, -0.2) is 25.2 Å². The second-order valence-corrected chi connectivity index (χ2v) is 1.53. The summed E-state index contributed by atoms with van der Waals surface area (Å²) in [6, 6.07) is 0.220. The number of nitrogens with zero attached hydrogens (tertiary/aromatic N) is 1. The Hall–Kier alpha value is -0.660. The first-order valence-electron chi connectivity index (χ1n) is 2.21. The minimum Gasteiger partial charge on any atom is -0.312 e. The molecule has 0 aromatic rings. The SMILES string of the molecule is O=C=NC1CNC1. The Morgan fingerprint density at radius 2 is 2.43 bits per heavy atom. The van der Waals surface area contributed by atoms with Crippen LogP contribution in [0.25, 0.3) is 0 Å². The highest BCUT2D eigenvalue weighted by Crippen LogP contribution is 1.93. The number of isocyanates is 1. The van der Waals surface area contributed by atoms with Gasteiger partial charge in [-0.2, -0.15) is 4.99 Å². The molecule has 1 heterocycles. The molecule has 0 bridgehead atoms. The van der Waals surface area contributed by atoms with Crippen molar-refractivity contribution < 1.29 is 4.79 Å². The molecule has 0 spiro atoms. The first kappa shape index (κ1) is 4.50. The third-order valence-electron chi connectivity index (χ3n) is 0.995. The zero-order valence-electron chi connectivity index (χ0n) is 3.85. The summed E-state index contributed by atoms with van der Waals surface area (Å²) in [6.07, 6.45) is 1.50. The summed E-state index contributed by atoms with van der Waals surface area (Å²) >= 11 is 0. The maximum Gasteiger partial charge on any atom is 0.235 e. The molecule has 3 nitrogen and oxygen atoms in total. The van der Waals surface area contributed by atoms with Crippen molar-refractivity contribution in [3.05, 3.63) is 0 Å². The summed E-state index contributed by atoms with van der Waals surface area (Å²) in [5, 5.41) is 2.97. The summed E-state index contributed by atoms with van der Waals surface area (Å²) in [6.45, 7) is 1.68. The van der Waals surface area contributed by atoms with Gasteiger partial charge in [0.05, 0.1) is 6.04 Å². The van der Waals surface area contributed by atoms with Gasteiger partial charge in [-0.15, -0.1) is 0 Å². The third-order valence-corrected chi connectivity index (χ3v) is 0.995. The van der Waals surface area contributed by atoms with Gasteiger partial charge in [0, 0.05) is 13.1 Å². The molecule has 1 saturated heterocycles. The quantitative estimate of drug-likeness (QED) is 0.348. The van der Waals surface area contributed by atoms with Gasteiger partial charge >= 0.3 is 0 Å². The van der Waals surface area contributed by atoms with Crippen LogP contribution in [0.1, 0.15) is 0 Å². The van der Waals surface area contributed by atoms with Crippen LogP contribution in [0.15, 0.2) is 4.99 Å². The Labute approximate surface area is 41.4 Å². The van der Waals surface area contributed by atoms with Crippen molar-refractivity contribution in [2.24, 2.45) is 4.99 Å².